The predicted octanol–water partition coefficient (Wildman–Crippen LogP) is 3.02. The van der Waals surface area contributed by atoms with Gasteiger partial charge in [-0.15, -0.1) is 0 Å². The minimum absolute atomic E-state index is 0.202. The Morgan fingerprint density at radius 2 is 1.81 bits per heavy atom. The normalized spacial score (nSPS) is 11.2. The van der Waals surface area contributed by atoms with Gasteiger partial charge in [-0.3, -0.25) is 0 Å². The Labute approximate surface area is 120 Å². The van der Waals surface area contributed by atoms with Crippen LogP contribution >= 0.6 is 0 Å². The van der Waals surface area contributed by atoms with Crippen molar-refractivity contribution in [1.82, 2.24) is 5.32 Å². The second-order valence-electron chi connectivity index (χ2n) is 3.90. The maximum Gasteiger partial charge on any atom is 0.387 e. The lowest BCUT2D eigenvalue weighted by molar-refractivity contribution is -0.0547. The molecule has 1 rings (SSSR count). The first-order chi connectivity index (χ1) is 10.0. The molecule has 0 saturated carbocycles. The predicted molar refractivity (Wildman–Crippen MR) is 67.9 cm³/mol. The Balaban J connectivity index is 2.67. The number of hydrogen-bond donors (Lipinski definition) is 1. The molecule has 0 unspecified atom stereocenters. The van der Waals surface area contributed by atoms with Crippen LogP contribution in [0.2, 0.25) is 0 Å². The first-order valence-corrected chi connectivity index (χ1v) is 6.34. The van der Waals surface area contributed by atoms with E-state index >= 15 is 0 Å². The number of ether oxygens (including phenoxy) is 3. The van der Waals surface area contributed by atoms with Gasteiger partial charge in [0.25, 0.3) is 0 Å². The summed E-state index contributed by atoms with van der Waals surface area (Å²) in [5.41, 5.74) is 0.411. The van der Waals surface area contributed by atoms with Crippen LogP contribution in [0.25, 0.3) is 0 Å². The lowest BCUT2D eigenvalue weighted by Gasteiger charge is -2.13. The molecule has 0 aromatic heterocycles. The summed E-state index contributed by atoms with van der Waals surface area (Å²) in [5, 5.41) is 2.97. The van der Waals surface area contributed by atoms with E-state index in [0.29, 0.717) is 25.3 Å². The minimum atomic E-state index is -3.05. The van der Waals surface area contributed by atoms with Crippen LogP contribution in [0, 0.1) is 0 Å². The standard InChI is InChI=1S/C13H17F4NO3/c1-2-19-6-5-18-8-9-3-4-10(20-12(14)15)7-11(9)21-13(16)17/h3-4,7,12-13,18H,2,5-6,8H2,1H3. The molecule has 0 heterocycles. The van der Waals surface area contributed by atoms with Crippen molar-refractivity contribution in [3.05, 3.63) is 23.8 Å². The summed E-state index contributed by atoms with van der Waals surface area (Å²) in [7, 11) is 0. The Bertz CT molecular complexity index is 418. The van der Waals surface area contributed by atoms with Crippen molar-refractivity contribution < 1.29 is 31.8 Å². The first kappa shape index (κ1) is 17.5. The molecule has 0 radical (unpaired) electrons. The topological polar surface area (TPSA) is 39.7 Å². The van der Waals surface area contributed by atoms with Gasteiger partial charge in [-0.25, -0.2) is 0 Å². The second kappa shape index (κ2) is 9.41. The molecule has 8 heteroatoms. The van der Waals surface area contributed by atoms with E-state index in [2.05, 4.69) is 14.8 Å². The minimum Gasteiger partial charge on any atom is -0.435 e. The van der Waals surface area contributed by atoms with Gasteiger partial charge in [0.05, 0.1) is 6.61 Å². The molecular formula is C13H17F4NO3. The Morgan fingerprint density at radius 3 is 2.43 bits per heavy atom. The molecule has 0 saturated heterocycles. The lowest BCUT2D eigenvalue weighted by atomic mass is 10.2. The highest BCUT2D eigenvalue weighted by Gasteiger charge is 2.13. The van der Waals surface area contributed by atoms with E-state index < -0.39 is 13.2 Å². The average Bonchev–Trinajstić information content (AvgIpc) is 2.39. The molecule has 21 heavy (non-hydrogen) atoms. The van der Waals surface area contributed by atoms with Gasteiger partial charge in [-0.05, 0) is 13.0 Å². The Hall–Kier alpha value is -1.54. The zero-order valence-corrected chi connectivity index (χ0v) is 11.5. The van der Waals surface area contributed by atoms with Crippen molar-refractivity contribution >= 4 is 0 Å². The van der Waals surface area contributed by atoms with Gasteiger partial charge in [-0.1, -0.05) is 6.07 Å². The van der Waals surface area contributed by atoms with Gasteiger partial charge in [0.15, 0.2) is 0 Å². The van der Waals surface area contributed by atoms with Crippen LogP contribution in [0.15, 0.2) is 18.2 Å². The fourth-order valence-electron chi connectivity index (χ4n) is 1.57. The summed E-state index contributed by atoms with van der Waals surface area (Å²) in [6, 6.07) is 3.67. The molecule has 4 nitrogen and oxygen atoms in total. The van der Waals surface area contributed by atoms with Crippen molar-refractivity contribution in [2.75, 3.05) is 19.8 Å². The van der Waals surface area contributed by atoms with E-state index in [1.54, 1.807) is 0 Å². The number of hydrogen-bond acceptors (Lipinski definition) is 4. The van der Waals surface area contributed by atoms with Crippen molar-refractivity contribution in [2.45, 2.75) is 26.7 Å². The zero-order valence-electron chi connectivity index (χ0n) is 11.5. The first-order valence-electron chi connectivity index (χ1n) is 6.34. The smallest absolute Gasteiger partial charge is 0.387 e. The average molecular weight is 311 g/mol. The monoisotopic (exact) mass is 311 g/mol. The van der Waals surface area contributed by atoms with Gasteiger partial charge in [0.1, 0.15) is 11.5 Å². The number of nitrogens with one attached hydrogen (secondary N) is 1. The Kier molecular flexibility index (Phi) is 7.84. The number of alkyl halides is 4. The van der Waals surface area contributed by atoms with Crippen LogP contribution in [0.4, 0.5) is 17.6 Å². The molecule has 120 valence electrons. The maximum absolute atomic E-state index is 12.3. The fourth-order valence-corrected chi connectivity index (χ4v) is 1.57. The Morgan fingerprint density at radius 1 is 1.10 bits per heavy atom. The molecule has 1 aromatic rings. The number of halogens is 4. The molecule has 1 aromatic carbocycles. The van der Waals surface area contributed by atoms with Crippen LogP contribution in [-0.2, 0) is 11.3 Å². The highest BCUT2D eigenvalue weighted by atomic mass is 19.3. The van der Waals surface area contributed by atoms with E-state index in [9.17, 15) is 17.6 Å². The molecule has 0 bridgehead atoms. The molecule has 0 amide bonds. The molecule has 1 N–H and O–H groups in total. The van der Waals surface area contributed by atoms with Gasteiger partial charge in [0.2, 0.25) is 0 Å². The van der Waals surface area contributed by atoms with E-state index in [1.807, 2.05) is 6.92 Å². The SMILES string of the molecule is CCOCCNCc1ccc(OC(F)F)cc1OC(F)F. The summed E-state index contributed by atoms with van der Waals surface area (Å²) >= 11 is 0. The van der Waals surface area contributed by atoms with Crippen molar-refractivity contribution in [1.29, 1.82) is 0 Å². The third-order valence-corrected chi connectivity index (χ3v) is 2.42. The zero-order chi connectivity index (χ0) is 15.7. The van der Waals surface area contributed by atoms with Crippen molar-refractivity contribution in [2.24, 2.45) is 0 Å². The largest absolute Gasteiger partial charge is 0.435 e. The number of benzene rings is 1. The third kappa shape index (κ3) is 7.14. The van der Waals surface area contributed by atoms with Gasteiger partial charge < -0.3 is 19.5 Å². The molecule has 0 aliphatic heterocycles. The molecule has 0 spiro atoms. The van der Waals surface area contributed by atoms with E-state index in [-0.39, 0.29) is 18.0 Å². The highest BCUT2D eigenvalue weighted by Crippen LogP contribution is 2.27. The molecular weight excluding hydrogens is 294 g/mol. The van der Waals surface area contributed by atoms with Crippen LogP contribution in [-0.4, -0.2) is 33.0 Å². The van der Waals surface area contributed by atoms with Gasteiger partial charge >= 0.3 is 13.2 Å². The molecule has 0 atom stereocenters. The van der Waals surface area contributed by atoms with E-state index in [4.69, 9.17) is 4.74 Å². The van der Waals surface area contributed by atoms with Crippen LogP contribution in [0.3, 0.4) is 0 Å². The van der Waals surface area contributed by atoms with Crippen LogP contribution < -0.4 is 14.8 Å². The lowest BCUT2D eigenvalue weighted by Crippen LogP contribution is -2.20. The highest BCUT2D eigenvalue weighted by molar-refractivity contribution is 5.40. The summed E-state index contributed by atoms with van der Waals surface area (Å²) in [6.07, 6.45) is 0. The summed E-state index contributed by atoms with van der Waals surface area (Å²) in [5.74, 6) is -0.439. The molecule has 0 fully saturated rings. The third-order valence-electron chi connectivity index (χ3n) is 2.42. The number of rotatable bonds is 10. The summed E-state index contributed by atoms with van der Waals surface area (Å²) in [6.45, 7) is -2.39. The maximum atomic E-state index is 12.3. The second-order valence-corrected chi connectivity index (χ2v) is 3.90. The van der Waals surface area contributed by atoms with E-state index in [1.165, 1.54) is 12.1 Å². The summed E-state index contributed by atoms with van der Waals surface area (Å²) in [4.78, 5) is 0. The molecule has 0 aliphatic rings. The summed E-state index contributed by atoms with van der Waals surface area (Å²) < 4.78 is 62.4. The van der Waals surface area contributed by atoms with Crippen LogP contribution in [0.5, 0.6) is 11.5 Å². The molecule has 0 aliphatic carbocycles. The van der Waals surface area contributed by atoms with Crippen LogP contribution in [0.1, 0.15) is 12.5 Å². The fraction of sp³-hybridized carbons (Fsp3) is 0.538. The van der Waals surface area contributed by atoms with Gasteiger partial charge in [0, 0.05) is 31.3 Å². The van der Waals surface area contributed by atoms with Crippen molar-refractivity contribution in [3.63, 3.8) is 0 Å². The quantitative estimate of drug-likeness (QED) is 0.532. The van der Waals surface area contributed by atoms with Crippen molar-refractivity contribution in [3.8, 4) is 11.5 Å². The van der Waals surface area contributed by atoms with E-state index in [0.717, 1.165) is 6.07 Å². The van der Waals surface area contributed by atoms with Gasteiger partial charge in [-0.2, -0.15) is 17.6 Å².